The molecule has 2 heterocycles. The molecule has 0 aromatic heterocycles. The molecular weight excluding hydrogens is 626 g/mol. The molecule has 0 aromatic carbocycles. The van der Waals surface area contributed by atoms with Gasteiger partial charge in [0.25, 0.3) is 0 Å². The molecule has 2 aliphatic heterocycles. The molecule has 2 saturated carbocycles. The van der Waals surface area contributed by atoms with Crippen LogP contribution < -0.4 is 5.32 Å². The Labute approximate surface area is 284 Å². The number of methoxy groups -OCH3 is 2. The average molecular weight is 678 g/mol. The Morgan fingerprint density at radius 2 is 1.83 bits per heavy atom. The maximum atomic E-state index is 13.4. The van der Waals surface area contributed by atoms with Gasteiger partial charge < -0.3 is 39.2 Å². The number of halogens is 1. The van der Waals surface area contributed by atoms with Crippen LogP contribution in [0.3, 0.4) is 0 Å². The molecule has 47 heavy (non-hydrogen) atoms. The lowest BCUT2D eigenvalue weighted by molar-refractivity contribution is -0.317. The van der Waals surface area contributed by atoms with Gasteiger partial charge in [-0.3, -0.25) is 9.59 Å². The van der Waals surface area contributed by atoms with E-state index in [-0.39, 0.29) is 41.6 Å². The second-order valence-corrected chi connectivity index (χ2v) is 14.6. The molecule has 3 N–H and O–H groups in total. The molecule has 4 rings (SSSR count). The second kappa shape index (κ2) is 16.0. The van der Waals surface area contributed by atoms with Crippen molar-refractivity contribution in [3.8, 4) is 11.8 Å². The number of esters is 1. The fraction of sp³-hybridized carbons (Fsp3) is 0.722. The van der Waals surface area contributed by atoms with E-state index >= 15 is 0 Å². The molecule has 2 aliphatic carbocycles. The first-order valence-electron chi connectivity index (χ1n) is 16.6. The highest BCUT2D eigenvalue weighted by Gasteiger charge is 2.55. The van der Waals surface area contributed by atoms with Crippen LogP contribution in [0.5, 0.6) is 0 Å². The molecule has 11 heteroatoms. The first-order valence-corrected chi connectivity index (χ1v) is 17.0. The van der Waals surface area contributed by atoms with Gasteiger partial charge in [-0.25, -0.2) is 0 Å². The van der Waals surface area contributed by atoms with Crippen molar-refractivity contribution in [2.75, 3.05) is 14.2 Å². The highest BCUT2D eigenvalue weighted by atomic mass is 35.5. The lowest BCUT2D eigenvalue weighted by atomic mass is 9.71. The number of carbonyl (C=O) groups is 2. The number of hydrogen-bond acceptors (Lipinski definition) is 9. The van der Waals surface area contributed by atoms with E-state index in [0.29, 0.717) is 19.3 Å². The van der Waals surface area contributed by atoms with E-state index in [0.717, 1.165) is 12.0 Å². The summed E-state index contributed by atoms with van der Waals surface area (Å²) in [5, 5.41) is 26.3. The van der Waals surface area contributed by atoms with Crippen LogP contribution in [0.15, 0.2) is 36.0 Å². The molecule has 0 spiro atoms. The van der Waals surface area contributed by atoms with Gasteiger partial charge in [0.1, 0.15) is 17.8 Å². The number of hydrogen-bond donors (Lipinski definition) is 3. The van der Waals surface area contributed by atoms with Crippen molar-refractivity contribution in [3.05, 3.63) is 36.0 Å². The summed E-state index contributed by atoms with van der Waals surface area (Å²) in [6, 6.07) is -0.536. The number of amides is 1. The molecule has 14 atom stereocenters. The van der Waals surface area contributed by atoms with Gasteiger partial charge in [0.15, 0.2) is 5.79 Å². The molecule has 2 bridgehead atoms. The molecule has 4 aliphatic rings. The molecular formula is C36H52ClNO9. The first-order chi connectivity index (χ1) is 22.2. The normalized spacial score (nSPS) is 44.4. The Balaban J connectivity index is 1.58. The lowest BCUT2D eigenvalue weighted by Crippen LogP contribution is -2.67. The van der Waals surface area contributed by atoms with Crippen molar-refractivity contribution in [2.24, 2.45) is 23.7 Å². The van der Waals surface area contributed by atoms with Crippen LogP contribution in [0.4, 0.5) is 0 Å². The summed E-state index contributed by atoms with van der Waals surface area (Å²) in [7, 11) is 3.14. The number of allylic oxidation sites excluding steroid dienone is 3. The van der Waals surface area contributed by atoms with Crippen LogP contribution in [-0.4, -0.2) is 96.2 Å². The van der Waals surface area contributed by atoms with Crippen LogP contribution in [-0.2, 0) is 33.3 Å². The van der Waals surface area contributed by atoms with E-state index in [1.54, 1.807) is 38.3 Å². The first kappa shape index (κ1) is 37.6. The summed E-state index contributed by atoms with van der Waals surface area (Å²) in [5.41, 5.74) is -0.446. The fourth-order valence-electron chi connectivity index (χ4n) is 7.53. The zero-order chi connectivity index (χ0) is 34.5. The van der Waals surface area contributed by atoms with Crippen LogP contribution in [0.2, 0.25) is 0 Å². The number of rotatable bonds is 8. The van der Waals surface area contributed by atoms with Crippen LogP contribution in [0.1, 0.15) is 66.7 Å². The predicted molar refractivity (Wildman–Crippen MR) is 177 cm³/mol. The standard InChI is InChI=1S/C36H52ClNO9/c1-21-14-26(13-11-9-8-10-12-25-17-27(25)37)45-31(40)19-36(42)18-30(24(4)32(47-36)23(3)28(15-21)43-6)46-29-16-22(2)33(38-20-39)35(5,41)34(29)44-7/h8-9,11,13,15,20,22-30,32-34,41-42H,14,16-19H2,1-7H3,(H,38,39). The predicted octanol–water partition coefficient (Wildman–Crippen LogP) is 3.82. The van der Waals surface area contributed by atoms with Gasteiger partial charge in [-0.2, -0.15) is 0 Å². The minimum absolute atomic E-state index is 0.00451. The fourth-order valence-corrected chi connectivity index (χ4v) is 7.78. The summed E-state index contributed by atoms with van der Waals surface area (Å²) in [4.78, 5) is 24.7. The third-order valence-electron chi connectivity index (χ3n) is 10.1. The summed E-state index contributed by atoms with van der Waals surface area (Å²) < 4.78 is 30.7. The summed E-state index contributed by atoms with van der Waals surface area (Å²) in [6.45, 7) is 9.55. The third kappa shape index (κ3) is 9.27. The van der Waals surface area contributed by atoms with Crippen molar-refractivity contribution in [2.45, 2.75) is 126 Å². The molecule has 3 fully saturated rings. The Kier molecular flexibility index (Phi) is 12.8. The number of carbonyl (C=O) groups excluding carboxylic acids is 2. The van der Waals surface area contributed by atoms with Crippen molar-refractivity contribution < 1.29 is 43.5 Å². The molecule has 14 unspecified atom stereocenters. The minimum Gasteiger partial charge on any atom is -0.458 e. The van der Waals surface area contributed by atoms with Gasteiger partial charge in [0.05, 0.1) is 36.9 Å². The van der Waals surface area contributed by atoms with E-state index in [4.69, 9.17) is 35.3 Å². The number of fused-ring (bicyclic) bond motifs is 2. The molecule has 0 radical (unpaired) electrons. The second-order valence-electron chi connectivity index (χ2n) is 14.0. The Hall–Kier alpha value is -2.23. The summed E-state index contributed by atoms with van der Waals surface area (Å²) >= 11 is 6.01. The van der Waals surface area contributed by atoms with Crippen LogP contribution in [0, 0.1) is 35.5 Å². The van der Waals surface area contributed by atoms with Gasteiger partial charge in [-0.1, -0.05) is 56.4 Å². The number of nitrogens with one attached hydrogen (secondary N) is 1. The molecule has 0 aromatic rings. The van der Waals surface area contributed by atoms with Gasteiger partial charge in [0.2, 0.25) is 6.41 Å². The van der Waals surface area contributed by atoms with Crippen LogP contribution in [0.25, 0.3) is 0 Å². The minimum atomic E-state index is -1.87. The van der Waals surface area contributed by atoms with Gasteiger partial charge in [0, 0.05) is 50.2 Å². The van der Waals surface area contributed by atoms with Gasteiger partial charge in [-0.05, 0) is 44.8 Å². The maximum Gasteiger partial charge on any atom is 0.311 e. The monoisotopic (exact) mass is 677 g/mol. The zero-order valence-corrected chi connectivity index (χ0v) is 29.3. The van der Waals surface area contributed by atoms with Crippen LogP contribution >= 0.6 is 11.6 Å². The van der Waals surface area contributed by atoms with Crippen molar-refractivity contribution in [1.29, 1.82) is 0 Å². The van der Waals surface area contributed by atoms with Gasteiger partial charge >= 0.3 is 5.97 Å². The topological polar surface area (TPSA) is 133 Å². The van der Waals surface area contributed by atoms with E-state index in [9.17, 15) is 19.8 Å². The maximum absolute atomic E-state index is 13.4. The lowest BCUT2D eigenvalue weighted by Gasteiger charge is -2.52. The Bertz CT molecular complexity index is 1260. The summed E-state index contributed by atoms with van der Waals surface area (Å²) in [5.74, 6) is 3.30. The van der Waals surface area contributed by atoms with E-state index in [1.165, 1.54) is 7.11 Å². The molecule has 262 valence electrons. The highest BCUT2D eigenvalue weighted by molar-refractivity contribution is 6.22. The van der Waals surface area contributed by atoms with E-state index in [2.05, 4.69) is 17.2 Å². The number of cyclic esters (lactones) is 1. The van der Waals surface area contributed by atoms with E-state index < -0.39 is 60.3 Å². The van der Waals surface area contributed by atoms with Crippen molar-refractivity contribution in [1.82, 2.24) is 5.32 Å². The quantitative estimate of drug-likeness (QED) is 0.0876. The molecule has 1 amide bonds. The number of alkyl halides is 1. The average Bonchev–Trinajstić information content (AvgIpc) is 3.70. The van der Waals surface area contributed by atoms with Crippen molar-refractivity contribution >= 4 is 24.0 Å². The van der Waals surface area contributed by atoms with Crippen molar-refractivity contribution in [3.63, 3.8) is 0 Å². The SMILES string of the molecule is COC1C=C(C)CC(C=CC=CC#CC2CC2Cl)OC(=O)CC2(O)CC(OC3CC(C)C(NC=O)C(C)(O)C3OC)C(C)C(O2)C1C. The zero-order valence-electron chi connectivity index (χ0n) is 28.6. The summed E-state index contributed by atoms with van der Waals surface area (Å²) in [6.07, 6.45) is 7.83. The van der Waals surface area contributed by atoms with Gasteiger partial charge in [-0.15, -0.1) is 11.6 Å². The Morgan fingerprint density at radius 3 is 2.47 bits per heavy atom. The smallest absolute Gasteiger partial charge is 0.311 e. The van der Waals surface area contributed by atoms with E-state index in [1.807, 2.05) is 33.8 Å². The third-order valence-corrected chi connectivity index (χ3v) is 10.6. The largest absolute Gasteiger partial charge is 0.458 e. The number of aliphatic hydroxyl groups is 2. The number of ether oxygens (including phenoxy) is 5. The molecule has 10 nitrogen and oxygen atoms in total. The highest BCUT2D eigenvalue weighted by Crippen LogP contribution is 2.43. The molecule has 1 saturated heterocycles. The Morgan fingerprint density at radius 1 is 1.11 bits per heavy atom.